The van der Waals surface area contributed by atoms with Gasteiger partial charge in [-0.3, -0.25) is 0 Å². The third-order valence-electron chi connectivity index (χ3n) is 5.08. The van der Waals surface area contributed by atoms with Crippen molar-refractivity contribution in [1.29, 1.82) is 5.26 Å². The maximum absolute atomic E-state index is 12.3. The number of pyridine rings is 1. The molecule has 0 N–H and O–H groups in total. The van der Waals surface area contributed by atoms with Crippen molar-refractivity contribution in [3.8, 4) is 6.07 Å². The van der Waals surface area contributed by atoms with Crippen LogP contribution in [0.2, 0.25) is 19.6 Å². The second-order valence-electron chi connectivity index (χ2n) is 10.2. The van der Waals surface area contributed by atoms with Crippen LogP contribution in [0.25, 0.3) is 0 Å². The predicted molar refractivity (Wildman–Crippen MR) is 121 cm³/mol. The molecule has 0 radical (unpaired) electrons. The van der Waals surface area contributed by atoms with Gasteiger partial charge in [0.25, 0.3) is 0 Å². The Morgan fingerprint density at radius 3 is 2.57 bits per heavy atom. The van der Waals surface area contributed by atoms with Crippen molar-refractivity contribution < 1.29 is 14.0 Å². The summed E-state index contributed by atoms with van der Waals surface area (Å²) in [6, 6.07) is 5.95. The van der Waals surface area contributed by atoms with Gasteiger partial charge in [-0.05, 0) is 96.1 Å². The molecule has 1 fully saturated rings. The maximum atomic E-state index is 12.3. The second-order valence-corrected chi connectivity index (χ2v) is 14.7. The van der Waals surface area contributed by atoms with Gasteiger partial charge in [0, 0.05) is 25.4 Å². The summed E-state index contributed by atoms with van der Waals surface area (Å²) in [4.78, 5) is 18.2. The molecule has 1 aliphatic heterocycles. The summed E-state index contributed by atoms with van der Waals surface area (Å²) < 4.78 is 12.0. The fourth-order valence-corrected chi connectivity index (χ4v) is 5.01. The van der Waals surface area contributed by atoms with Crippen molar-refractivity contribution in [2.45, 2.75) is 84.2 Å². The normalized spacial score (nSPS) is 16.8. The van der Waals surface area contributed by atoms with Crippen LogP contribution in [-0.2, 0) is 15.6 Å². The van der Waals surface area contributed by atoms with Crippen LogP contribution in [0.4, 0.5) is 4.79 Å². The molecule has 30 heavy (non-hydrogen) atoms. The van der Waals surface area contributed by atoms with Crippen molar-refractivity contribution in [3.63, 3.8) is 0 Å². The van der Waals surface area contributed by atoms with Crippen molar-refractivity contribution in [2.75, 3.05) is 13.1 Å². The number of carbonyl (C=O) groups is 1. The molecule has 166 valence electrons. The Balaban J connectivity index is 1.90. The number of likely N-dealkylation sites (tertiary alicyclic amines) is 1. The van der Waals surface area contributed by atoms with E-state index in [1.807, 2.05) is 37.8 Å². The zero-order valence-corrected chi connectivity index (χ0v) is 20.4. The van der Waals surface area contributed by atoms with Crippen molar-refractivity contribution >= 4 is 14.4 Å². The lowest BCUT2D eigenvalue weighted by atomic mass is 9.89. The molecule has 1 aromatic heterocycles. The van der Waals surface area contributed by atoms with Crippen LogP contribution in [0.5, 0.6) is 0 Å². The monoisotopic (exact) mass is 431 g/mol. The van der Waals surface area contributed by atoms with Crippen LogP contribution in [0.3, 0.4) is 0 Å². The minimum Gasteiger partial charge on any atom is -0.444 e. The number of piperidine rings is 1. The molecule has 1 aromatic rings. The highest BCUT2D eigenvalue weighted by atomic mass is 28.4. The number of ether oxygens (including phenoxy) is 1. The van der Waals surface area contributed by atoms with Gasteiger partial charge in [0.15, 0.2) is 8.32 Å². The van der Waals surface area contributed by atoms with E-state index >= 15 is 0 Å². The summed E-state index contributed by atoms with van der Waals surface area (Å²) >= 11 is 0. The molecular weight excluding hydrogens is 394 g/mol. The predicted octanol–water partition coefficient (Wildman–Crippen LogP) is 5.14. The zero-order chi connectivity index (χ0) is 22.4. The first-order valence-electron chi connectivity index (χ1n) is 11.0. The van der Waals surface area contributed by atoms with Gasteiger partial charge >= 0.3 is 6.09 Å². The van der Waals surface area contributed by atoms with Gasteiger partial charge in [0.1, 0.15) is 17.4 Å². The van der Waals surface area contributed by atoms with Gasteiger partial charge in [-0.25, -0.2) is 9.78 Å². The topological polar surface area (TPSA) is 75.5 Å². The molecular formula is C23H37N3O3Si. The molecule has 0 aromatic carbocycles. The molecule has 0 spiro atoms. The van der Waals surface area contributed by atoms with Gasteiger partial charge in [0.05, 0.1) is 0 Å². The summed E-state index contributed by atoms with van der Waals surface area (Å²) in [5.41, 5.74) is 1.14. The van der Waals surface area contributed by atoms with Gasteiger partial charge in [-0.2, -0.15) is 5.26 Å². The highest BCUT2D eigenvalue weighted by molar-refractivity contribution is 6.69. The number of aromatic nitrogens is 1. The lowest BCUT2D eigenvalue weighted by molar-refractivity contribution is 0.0164. The Bertz CT molecular complexity index is 741. The van der Waals surface area contributed by atoms with Gasteiger partial charge in [-0.15, -0.1) is 0 Å². The number of nitriles is 1. The summed E-state index contributed by atoms with van der Waals surface area (Å²) in [7, 11) is -1.67. The van der Waals surface area contributed by atoms with Crippen LogP contribution < -0.4 is 0 Å². The molecule has 1 amide bonds. The molecule has 1 saturated heterocycles. The molecule has 6 nitrogen and oxygen atoms in total. The van der Waals surface area contributed by atoms with E-state index in [0.717, 1.165) is 50.8 Å². The molecule has 1 unspecified atom stereocenters. The van der Waals surface area contributed by atoms with E-state index in [9.17, 15) is 4.79 Å². The Labute approximate surface area is 182 Å². The van der Waals surface area contributed by atoms with E-state index in [-0.39, 0.29) is 12.2 Å². The van der Waals surface area contributed by atoms with Crippen molar-refractivity contribution in [3.05, 3.63) is 29.6 Å². The van der Waals surface area contributed by atoms with Gasteiger partial charge in [-0.1, -0.05) is 0 Å². The Kier molecular flexibility index (Phi) is 8.45. The Hall–Kier alpha value is -1.91. The molecule has 1 atom stereocenters. The first-order chi connectivity index (χ1) is 13.9. The second kappa shape index (κ2) is 10.4. The summed E-state index contributed by atoms with van der Waals surface area (Å²) in [5, 5.41) is 9.06. The molecule has 0 bridgehead atoms. The largest absolute Gasteiger partial charge is 0.444 e. The number of aryl methyl sites for hydroxylation is 1. The molecule has 1 aliphatic rings. The molecule has 0 aliphatic carbocycles. The first kappa shape index (κ1) is 24.4. The standard InChI is InChI=1S/C23H37N3O3Si/c1-23(2,3)28-22(27)26-13-10-19(11-14-26)16-21(29-30(4,5)6)8-7-18-9-12-25-20(15-18)17-24/h9,12,15,19,21H,7-8,10-11,13-14,16H2,1-6H3. The SMILES string of the molecule is CC(C)(C)OC(=O)N1CCC(CC(CCc2ccnc(C#N)c2)O[Si](C)(C)C)CC1. The number of carbonyl (C=O) groups excluding carboxylic acids is 1. The lowest BCUT2D eigenvalue weighted by Gasteiger charge is -2.36. The zero-order valence-electron chi connectivity index (χ0n) is 19.4. The first-order valence-corrected chi connectivity index (χ1v) is 14.4. The smallest absolute Gasteiger partial charge is 0.410 e. The van der Waals surface area contributed by atoms with Crippen molar-refractivity contribution in [2.24, 2.45) is 5.92 Å². The fourth-order valence-electron chi connectivity index (χ4n) is 3.79. The number of hydrogen-bond acceptors (Lipinski definition) is 5. The molecule has 0 saturated carbocycles. The van der Waals surface area contributed by atoms with E-state index in [4.69, 9.17) is 14.4 Å². The average Bonchev–Trinajstić information content (AvgIpc) is 2.64. The Morgan fingerprint density at radius 1 is 1.33 bits per heavy atom. The molecule has 2 heterocycles. The Morgan fingerprint density at radius 2 is 2.00 bits per heavy atom. The van der Waals surface area contributed by atoms with Crippen LogP contribution >= 0.6 is 0 Å². The number of amides is 1. The van der Waals surface area contributed by atoms with E-state index in [1.54, 1.807) is 6.20 Å². The third-order valence-corrected chi connectivity index (χ3v) is 6.12. The van der Waals surface area contributed by atoms with Gasteiger partial charge < -0.3 is 14.1 Å². The van der Waals surface area contributed by atoms with E-state index in [0.29, 0.717) is 11.6 Å². The fraction of sp³-hybridized carbons (Fsp3) is 0.696. The summed E-state index contributed by atoms with van der Waals surface area (Å²) in [5.74, 6) is 0.553. The summed E-state index contributed by atoms with van der Waals surface area (Å²) in [6.07, 6.45) is 6.50. The highest BCUT2D eigenvalue weighted by Crippen LogP contribution is 2.27. The number of rotatable bonds is 7. The number of hydrogen-bond donors (Lipinski definition) is 0. The maximum Gasteiger partial charge on any atom is 0.410 e. The van der Waals surface area contributed by atoms with Gasteiger partial charge in [0.2, 0.25) is 0 Å². The average molecular weight is 432 g/mol. The summed E-state index contributed by atoms with van der Waals surface area (Å²) in [6.45, 7) is 13.9. The van der Waals surface area contributed by atoms with Crippen LogP contribution in [0.1, 0.15) is 57.7 Å². The van der Waals surface area contributed by atoms with E-state index < -0.39 is 13.9 Å². The quantitative estimate of drug-likeness (QED) is 0.559. The van der Waals surface area contributed by atoms with Crippen LogP contribution in [0.15, 0.2) is 18.3 Å². The minimum atomic E-state index is -1.67. The van der Waals surface area contributed by atoms with E-state index in [1.165, 1.54) is 0 Å². The van der Waals surface area contributed by atoms with Crippen molar-refractivity contribution in [1.82, 2.24) is 9.88 Å². The molecule has 2 rings (SSSR count). The highest BCUT2D eigenvalue weighted by Gasteiger charge is 2.29. The third kappa shape index (κ3) is 8.84. The van der Waals surface area contributed by atoms with Crippen LogP contribution in [0, 0.1) is 17.2 Å². The molecule has 7 heteroatoms. The number of nitrogens with zero attached hydrogens (tertiary/aromatic N) is 3. The van der Waals surface area contributed by atoms with Crippen LogP contribution in [-0.4, -0.2) is 49.1 Å². The minimum absolute atomic E-state index is 0.202. The van der Waals surface area contributed by atoms with E-state index in [2.05, 4.69) is 30.7 Å². The lowest BCUT2D eigenvalue weighted by Crippen LogP contribution is -2.42.